The largest absolute Gasteiger partial charge is 0.434 e. The van der Waals surface area contributed by atoms with E-state index in [9.17, 15) is 9.18 Å². The number of carbonyl (C=O) groups is 1. The molecular weight excluding hydrogens is 311 g/mol. The van der Waals surface area contributed by atoms with Crippen molar-refractivity contribution in [3.8, 4) is 11.6 Å². The smallest absolute Gasteiger partial charge is 0.248 e. The molecule has 1 fully saturated rings. The number of Topliss-reactive ketones (excluding diaryl/α,β-unsaturated/α-hetero) is 1. The van der Waals surface area contributed by atoms with Gasteiger partial charge in [-0.25, -0.2) is 9.37 Å². The topological polar surface area (TPSA) is 81.3 Å². The van der Waals surface area contributed by atoms with Gasteiger partial charge in [0, 0.05) is 19.0 Å². The lowest BCUT2D eigenvalue weighted by Crippen LogP contribution is -2.36. The van der Waals surface area contributed by atoms with Crippen LogP contribution in [0, 0.1) is 11.7 Å². The van der Waals surface area contributed by atoms with Gasteiger partial charge in [-0.05, 0) is 31.9 Å². The highest BCUT2D eigenvalue weighted by Gasteiger charge is 2.25. The summed E-state index contributed by atoms with van der Waals surface area (Å²) < 4.78 is 19.2. The molecular formula is C17H19FN4O2. The fourth-order valence-corrected chi connectivity index (χ4v) is 2.83. The summed E-state index contributed by atoms with van der Waals surface area (Å²) in [6.07, 6.45) is 2.88. The number of anilines is 2. The molecule has 7 heteroatoms. The van der Waals surface area contributed by atoms with Crippen molar-refractivity contribution in [2.45, 2.75) is 19.8 Å². The number of carbonyl (C=O) groups excluding carboxylic acids is 1. The van der Waals surface area contributed by atoms with Crippen LogP contribution in [-0.4, -0.2) is 28.8 Å². The first-order valence-electron chi connectivity index (χ1n) is 7.84. The SMILES string of the molecule is CC(=O)C1CCN(c2ncnc(Oc3ccccc3F)c2N)CC1. The minimum atomic E-state index is -0.487. The lowest BCUT2D eigenvalue weighted by molar-refractivity contribution is -0.121. The monoisotopic (exact) mass is 330 g/mol. The fraction of sp³-hybridized carbons (Fsp3) is 0.353. The van der Waals surface area contributed by atoms with Gasteiger partial charge in [0.15, 0.2) is 17.4 Å². The van der Waals surface area contributed by atoms with Gasteiger partial charge < -0.3 is 15.4 Å². The number of para-hydroxylation sites is 1. The number of benzene rings is 1. The zero-order valence-electron chi connectivity index (χ0n) is 13.4. The Balaban J connectivity index is 1.79. The Hall–Kier alpha value is -2.70. The molecule has 1 aromatic carbocycles. The number of hydrogen-bond acceptors (Lipinski definition) is 6. The van der Waals surface area contributed by atoms with Crippen molar-refractivity contribution in [3.63, 3.8) is 0 Å². The van der Waals surface area contributed by atoms with Gasteiger partial charge in [0.2, 0.25) is 5.88 Å². The fourth-order valence-electron chi connectivity index (χ4n) is 2.83. The lowest BCUT2D eigenvalue weighted by atomic mass is 9.93. The predicted molar refractivity (Wildman–Crippen MR) is 88.5 cm³/mol. The number of nitrogens with zero attached hydrogens (tertiary/aromatic N) is 3. The Morgan fingerprint density at radius 1 is 1.29 bits per heavy atom. The molecule has 1 saturated heterocycles. The van der Waals surface area contributed by atoms with Gasteiger partial charge in [0.25, 0.3) is 0 Å². The average Bonchev–Trinajstić information content (AvgIpc) is 2.59. The van der Waals surface area contributed by atoms with Crippen molar-refractivity contribution in [3.05, 3.63) is 36.4 Å². The Labute approximate surface area is 139 Å². The first-order valence-corrected chi connectivity index (χ1v) is 7.84. The second-order valence-electron chi connectivity index (χ2n) is 5.82. The molecule has 24 heavy (non-hydrogen) atoms. The van der Waals surface area contributed by atoms with Crippen LogP contribution in [0.2, 0.25) is 0 Å². The molecule has 126 valence electrons. The summed E-state index contributed by atoms with van der Waals surface area (Å²) >= 11 is 0. The van der Waals surface area contributed by atoms with Gasteiger partial charge in [0.1, 0.15) is 17.8 Å². The van der Waals surface area contributed by atoms with Crippen LogP contribution in [0.5, 0.6) is 11.6 Å². The van der Waals surface area contributed by atoms with Gasteiger partial charge in [-0.3, -0.25) is 4.79 Å². The van der Waals surface area contributed by atoms with Crippen molar-refractivity contribution in [1.29, 1.82) is 0 Å². The maximum Gasteiger partial charge on any atom is 0.248 e. The summed E-state index contributed by atoms with van der Waals surface area (Å²) in [4.78, 5) is 21.7. The Morgan fingerprint density at radius 3 is 2.67 bits per heavy atom. The van der Waals surface area contributed by atoms with Crippen molar-refractivity contribution in [2.24, 2.45) is 5.92 Å². The third kappa shape index (κ3) is 3.29. The Morgan fingerprint density at radius 2 is 2.00 bits per heavy atom. The van der Waals surface area contributed by atoms with Crippen LogP contribution in [0.3, 0.4) is 0 Å². The van der Waals surface area contributed by atoms with Crippen molar-refractivity contribution >= 4 is 17.3 Å². The van der Waals surface area contributed by atoms with Crippen LogP contribution in [0.4, 0.5) is 15.9 Å². The molecule has 1 aromatic heterocycles. The van der Waals surface area contributed by atoms with Crippen LogP contribution in [-0.2, 0) is 4.79 Å². The zero-order valence-corrected chi connectivity index (χ0v) is 13.4. The minimum Gasteiger partial charge on any atom is -0.434 e. The number of hydrogen-bond donors (Lipinski definition) is 1. The molecule has 3 rings (SSSR count). The second-order valence-corrected chi connectivity index (χ2v) is 5.82. The summed E-state index contributed by atoms with van der Waals surface area (Å²) in [5, 5.41) is 0. The second kappa shape index (κ2) is 6.82. The number of nitrogen functional groups attached to an aromatic ring is 1. The molecule has 1 aliphatic rings. The molecule has 2 N–H and O–H groups in total. The van der Waals surface area contributed by atoms with E-state index < -0.39 is 5.82 Å². The number of ketones is 1. The molecule has 2 heterocycles. The van der Waals surface area contributed by atoms with Crippen LogP contribution in [0.15, 0.2) is 30.6 Å². The van der Waals surface area contributed by atoms with E-state index in [2.05, 4.69) is 9.97 Å². The maximum absolute atomic E-state index is 13.7. The highest BCUT2D eigenvalue weighted by atomic mass is 19.1. The molecule has 0 bridgehead atoms. The summed E-state index contributed by atoms with van der Waals surface area (Å²) in [5.74, 6) is 0.563. The van der Waals surface area contributed by atoms with Crippen molar-refractivity contribution < 1.29 is 13.9 Å². The molecule has 0 saturated carbocycles. The molecule has 0 spiro atoms. The first kappa shape index (κ1) is 16.2. The number of halogens is 1. The van der Waals surface area contributed by atoms with Crippen LogP contribution >= 0.6 is 0 Å². The standard InChI is InChI=1S/C17H19FN4O2/c1-11(23)12-6-8-22(9-7-12)16-15(19)17(21-10-20-16)24-14-5-3-2-4-13(14)18/h2-5,10,12H,6-9,19H2,1H3. The Kier molecular flexibility index (Phi) is 4.59. The summed E-state index contributed by atoms with van der Waals surface area (Å²) in [6.45, 7) is 2.99. The number of rotatable bonds is 4. The van der Waals surface area contributed by atoms with Gasteiger partial charge in [-0.2, -0.15) is 4.98 Å². The molecule has 0 atom stereocenters. The maximum atomic E-state index is 13.7. The molecule has 0 amide bonds. The van der Waals surface area contributed by atoms with Gasteiger partial charge in [-0.1, -0.05) is 12.1 Å². The minimum absolute atomic E-state index is 0.0594. The van der Waals surface area contributed by atoms with Gasteiger partial charge >= 0.3 is 0 Å². The summed E-state index contributed by atoms with van der Waals surface area (Å²) in [7, 11) is 0. The van der Waals surface area contributed by atoms with E-state index in [1.807, 2.05) is 4.90 Å². The molecule has 1 aliphatic heterocycles. The van der Waals surface area contributed by atoms with E-state index in [0.717, 1.165) is 12.8 Å². The van der Waals surface area contributed by atoms with E-state index in [-0.39, 0.29) is 29.0 Å². The van der Waals surface area contributed by atoms with Crippen LogP contribution in [0.25, 0.3) is 0 Å². The lowest BCUT2D eigenvalue weighted by Gasteiger charge is -2.32. The number of ether oxygens (including phenoxy) is 1. The molecule has 0 radical (unpaired) electrons. The summed E-state index contributed by atoms with van der Waals surface area (Å²) in [5.41, 5.74) is 6.39. The number of piperidine rings is 1. The Bertz CT molecular complexity index is 745. The van der Waals surface area contributed by atoms with Crippen LogP contribution < -0.4 is 15.4 Å². The zero-order chi connectivity index (χ0) is 17.1. The average molecular weight is 330 g/mol. The van der Waals surface area contributed by atoms with Crippen molar-refractivity contribution in [1.82, 2.24) is 9.97 Å². The van der Waals surface area contributed by atoms with Gasteiger partial charge in [0.05, 0.1) is 0 Å². The van der Waals surface area contributed by atoms with Crippen LogP contribution in [0.1, 0.15) is 19.8 Å². The highest BCUT2D eigenvalue weighted by molar-refractivity contribution is 5.78. The third-order valence-corrected chi connectivity index (χ3v) is 4.24. The highest BCUT2D eigenvalue weighted by Crippen LogP contribution is 2.34. The van der Waals surface area contributed by atoms with Crippen molar-refractivity contribution in [2.75, 3.05) is 23.7 Å². The van der Waals surface area contributed by atoms with E-state index in [0.29, 0.717) is 18.9 Å². The van der Waals surface area contributed by atoms with E-state index >= 15 is 0 Å². The van der Waals surface area contributed by atoms with E-state index in [4.69, 9.17) is 10.5 Å². The van der Waals surface area contributed by atoms with E-state index in [1.54, 1.807) is 19.1 Å². The molecule has 6 nitrogen and oxygen atoms in total. The quantitative estimate of drug-likeness (QED) is 0.928. The summed E-state index contributed by atoms with van der Waals surface area (Å²) in [6, 6.07) is 6.06. The third-order valence-electron chi connectivity index (χ3n) is 4.24. The number of nitrogens with two attached hydrogens (primary N) is 1. The first-order chi connectivity index (χ1) is 11.6. The normalized spacial score (nSPS) is 15.3. The number of aromatic nitrogens is 2. The molecule has 0 aliphatic carbocycles. The molecule has 2 aromatic rings. The van der Waals surface area contributed by atoms with Gasteiger partial charge in [-0.15, -0.1) is 0 Å². The predicted octanol–water partition coefficient (Wildman–Crippen LogP) is 2.80. The van der Waals surface area contributed by atoms with E-state index in [1.165, 1.54) is 18.5 Å². The molecule has 0 unspecified atom stereocenters.